The molecule has 5 rings (SSSR count). The number of aryl methyl sites for hydroxylation is 1. The number of carbonyl (C=O) groups excluding carboxylic acids is 2. The molecule has 1 saturated carbocycles. The summed E-state index contributed by atoms with van der Waals surface area (Å²) in [5, 5.41) is 10.4. The Morgan fingerprint density at radius 3 is 2.66 bits per heavy atom. The fourth-order valence-corrected chi connectivity index (χ4v) is 5.08. The van der Waals surface area contributed by atoms with Crippen molar-refractivity contribution >= 4 is 11.8 Å². The fourth-order valence-electron chi connectivity index (χ4n) is 5.08. The summed E-state index contributed by atoms with van der Waals surface area (Å²) in [6, 6.07) is 6.34. The number of rotatable bonds is 3. The van der Waals surface area contributed by atoms with E-state index in [2.05, 4.69) is 15.4 Å². The summed E-state index contributed by atoms with van der Waals surface area (Å²) in [6.45, 7) is 3.48. The van der Waals surface area contributed by atoms with Crippen LogP contribution in [0.1, 0.15) is 47.1 Å². The molecule has 1 aromatic heterocycles. The van der Waals surface area contributed by atoms with Crippen LogP contribution in [0, 0.1) is 30.5 Å². The van der Waals surface area contributed by atoms with Gasteiger partial charge in [0, 0.05) is 37.4 Å². The molecule has 7 nitrogen and oxygen atoms in total. The van der Waals surface area contributed by atoms with Crippen molar-refractivity contribution in [2.45, 2.75) is 32.2 Å². The monoisotopic (exact) mass is 397 g/mol. The number of likely N-dealkylation sites (tertiary alicyclic amines) is 2. The van der Waals surface area contributed by atoms with Crippen molar-refractivity contribution in [2.24, 2.45) is 17.8 Å². The first-order valence-electron chi connectivity index (χ1n) is 10.3. The number of H-pyrrole nitrogens is 1. The second-order valence-corrected chi connectivity index (χ2v) is 8.51. The lowest BCUT2D eigenvalue weighted by Gasteiger charge is -2.35. The summed E-state index contributed by atoms with van der Waals surface area (Å²) in [4.78, 5) is 29.8. The molecule has 2 aromatic rings. The maximum Gasteiger partial charge on any atom is 0.276 e. The summed E-state index contributed by atoms with van der Waals surface area (Å²) in [6.07, 6.45) is 2.98. The van der Waals surface area contributed by atoms with Crippen LogP contribution in [-0.4, -0.2) is 56.7 Å². The molecule has 0 bridgehead atoms. The normalized spacial score (nSPS) is 26.5. The maximum absolute atomic E-state index is 14.0. The molecule has 8 heteroatoms. The largest absolute Gasteiger partial charge is 0.336 e. The van der Waals surface area contributed by atoms with Gasteiger partial charge in [0.1, 0.15) is 5.82 Å². The van der Waals surface area contributed by atoms with Crippen LogP contribution in [0.4, 0.5) is 4.39 Å². The molecule has 3 fully saturated rings. The van der Waals surface area contributed by atoms with Gasteiger partial charge in [-0.25, -0.2) is 4.39 Å². The van der Waals surface area contributed by atoms with E-state index >= 15 is 0 Å². The molecule has 3 aliphatic rings. The van der Waals surface area contributed by atoms with Gasteiger partial charge in [-0.1, -0.05) is 18.6 Å². The molecule has 2 saturated heterocycles. The van der Waals surface area contributed by atoms with Crippen LogP contribution < -0.4 is 0 Å². The van der Waals surface area contributed by atoms with Crippen molar-refractivity contribution in [2.75, 3.05) is 19.6 Å². The lowest BCUT2D eigenvalue weighted by Crippen LogP contribution is -2.42. The fraction of sp³-hybridized carbons (Fsp3) is 0.524. The lowest BCUT2D eigenvalue weighted by molar-refractivity contribution is -0.139. The third kappa shape index (κ3) is 3.01. The van der Waals surface area contributed by atoms with Gasteiger partial charge in [0.05, 0.1) is 11.7 Å². The highest BCUT2D eigenvalue weighted by Crippen LogP contribution is 2.47. The first kappa shape index (κ1) is 18.3. The molecule has 2 amide bonds. The summed E-state index contributed by atoms with van der Waals surface area (Å²) < 4.78 is 14.0. The Labute approximate surface area is 168 Å². The number of halogens is 1. The molecule has 152 valence electrons. The van der Waals surface area contributed by atoms with Crippen LogP contribution in [-0.2, 0) is 4.79 Å². The van der Waals surface area contributed by atoms with Crippen LogP contribution in [0.15, 0.2) is 24.3 Å². The minimum Gasteiger partial charge on any atom is -0.336 e. The van der Waals surface area contributed by atoms with Crippen molar-refractivity contribution in [3.05, 3.63) is 47.0 Å². The van der Waals surface area contributed by atoms with E-state index in [-0.39, 0.29) is 41.4 Å². The van der Waals surface area contributed by atoms with Gasteiger partial charge in [-0.2, -0.15) is 15.4 Å². The van der Waals surface area contributed by atoms with E-state index in [9.17, 15) is 14.0 Å². The summed E-state index contributed by atoms with van der Waals surface area (Å²) >= 11 is 0. The van der Waals surface area contributed by atoms with Gasteiger partial charge in [-0.3, -0.25) is 9.59 Å². The number of nitrogens with one attached hydrogen (secondary N) is 1. The van der Waals surface area contributed by atoms with Crippen molar-refractivity contribution < 1.29 is 14.0 Å². The highest BCUT2D eigenvalue weighted by molar-refractivity contribution is 5.93. The van der Waals surface area contributed by atoms with Gasteiger partial charge in [0.2, 0.25) is 5.91 Å². The SMILES string of the molecule is Cc1n[nH]nc1C(=O)N1C[C@H]2CN(C(=O)C3CCC3)[C@H](c3cccc(F)c3)[C@H]2C1. The zero-order valence-corrected chi connectivity index (χ0v) is 16.3. The van der Waals surface area contributed by atoms with E-state index in [1.54, 1.807) is 17.9 Å². The Hall–Kier alpha value is -2.77. The molecule has 0 radical (unpaired) electrons. The standard InChI is InChI=1S/C21H24FN5O2/c1-12-18(24-25-23-12)21(29)26-9-15-10-27(20(28)13-4-2-5-13)19(17(15)11-26)14-6-3-7-16(22)8-14/h3,6-8,13,15,17,19H,2,4-5,9-11H2,1H3,(H,23,24,25)/t15-,17-,19+/m0/s1. The highest BCUT2D eigenvalue weighted by Gasteiger charge is 2.51. The number of carbonyl (C=O) groups is 2. The number of aromatic nitrogens is 3. The number of aromatic amines is 1. The molecule has 0 spiro atoms. The molecular weight excluding hydrogens is 373 g/mol. The Morgan fingerprint density at radius 1 is 1.17 bits per heavy atom. The van der Waals surface area contributed by atoms with E-state index < -0.39 is 0 Å². The molecule has 1 N–H and O–H groups in total. The predicted molar refractivity (Wildman–Crippen MR) is 102 cm³/mol. The molecule has 0 unspecified atom stereocenters. The molecule has 3 heterocycles. The molecule has 3 atom stereocenters. The number of amides is 2. The van der Waals surface area contributed by atoms with Crippen molar-refractivity contribution in [3.63, 3.8) is 0 Å². The van der Waals surface area contributed by atoms with Crippen LogP contribution in [0.5, 0.6) is 0 Å². The van der Waals surface area contributed by atoms with Crippen LogP contribution in [0.3, 0.4) is 0 Å². The van der Waals surface area contributed by atoms with E-state index in [1.165, 1.54) is 12.1 Å². The third-order valence-electron chi connectivity index (χ3n) is 6.80. The van der Waals surface area contributed by atoms with Crippen LogP contribution in [0.25, 0.3) is 0 Å². The minimum absolute atomic E-state index is 0.0944. The zero-order valence-electron chi connectivity index (χ0n) is 16.3. The number of benzene rings is 1. The molecular formula is C21H24FN5O2. The second kappa shape index (κ2) is 6.93. The summed E-state index contributed by atoms with van der Waals surface area (Å²) in [5.74, 6) is 0.123. The van der Waals surface area contributed by atoms with Crippen molar-refractivity contribution in [1.82, 2.24) is 25.2 Å². The van der Waals surface area contributed by atoms with Crippen LogP contribution in [0.2, 0.25) is 0 Å². The molecule has 1 aliphatic carbocycles. The van der Waals surface area contributed by atoms with Crippen LogP contribution >= 0.6 is 0 Å². The number of hydrogen-bond donors (Lipinski definition) is 1. The second-order valence-electron chi connectivity index (χ2n) is 8.51. The van der Waals surface area contributed by atoms with Gasteiger partial charge < -0.3 is 9.80 Å². The number of hydrogen-bond acceptors (Lipinski definition) is 4. The van der Waals surface area contributed by atoms with E-state index in [1.807, 2.05) is 11.0 Å². The third-order valence-corrected chi connectivity index (χ3v) is 6.80. The zero-order chi connectivity index (χ0) is 20.1. The first-order chi connectivity index (χ1) is 14.0. The molecule has 29 heavy (non-hydrogen) atoms. The van der Waals surface area contributed by atoms with Gasteiger partial charge in [-0.15, -0.1) is 0 Å². The average Bonchev–Trinajstić information content (AvgIpc) is 3.33. The quantitative estimate of drug-likeness (QED) is 0.862. The van der Waals surface area contributed by atoms with E-state index in [4.69, 9.17) is 0 Å². The number of fused-ring (bicyclic) bond motifs is 1. The maximum atomic E-state index is 14.0. The van der Waals surface area contributed by atoms with Gasteiger partial charge in [0.15, 0.2) is 5.69 Å². The summed E-state index contributed by atoms with van der Waals surface area (Å²) in [5.41, 5.74) is 1.74. The van der Waals surface area contributed by atoms with Gasteiger partial charge in [-0.05, 0) is 37.5 Å². The highest BCUT2D eigenvalue weighted by atomic mass is 19.1. The summed E-state index contributed by atoms with van der Waals surface area (Å²) in [7, 11) is 0. The Bertz CT molecular complexity index is 956. The average molecular weight is 397 g/mol. The van der Waals surface area contributed by atoms with Gasteiger partial charge in [0.25, 0.3) is 5.91 Å². The number of nitrogens with zero attached hydrogens (tertiary/aromatic N) is 4. The topological polar surface area (TPSA) is 82.2 Å². The van der Waals surface area contributed by atoms with Crippen molar-refractivity contribution in [1.29, 1.82) is 0 Å². The predicted octanol–water partition coefficient (Wildman–Crippen LogP) is 2.32. The Balaban J connectivity index is 1.43. The van der Waals surface area contributed by atoms with Gasteiger partial charge >= 0.3 is 0 Å². The minimum atomic E-state index is -0.300. The Morgan fingerprint density at radius 2 is 2.00 bits per heavy atom. The Kier molecular flexibility index (Phi) is 4.37. The van der Waals surface area contributed by atoms with E-state index in [0.717, 1.165) is 24.8 Å². The smallest absolute Gasteiger partial charge is 0.276 e. The molecule has 2 aliphatic heterocycles. The molecule has 1 aromatic carbocycles. The lowest BCUT2D eigenvalue weighted by atomic mass is 9.83. The van der Waals surface area contributed by atoms with E-state index in [0.29, 0.717) is 31.0 Å². The van der Waals surface area contributed by atoms with Crippen molar-refractivity contribution in [3.8, 4) is 0 Å². The first-order valence-corrected chi connectivity index (χ1v) is 10.3.